The Morgan fingerprint density at radius 3 is 2.85 bits per heavy atom. The Balaban J connectivity index is 2.01. The van der Waals surface area contributed by atoms with E-state index in [1.807, 2.05) is 11.9 Å². The Morgan fingerprint density at radius 1 is 1.30 bits per heavy atom. The molecule has 1 aliphatic rings. The molecule has 6 heteroatoms. The first kappa shape index (κ1) is 13.3. The lowest BCUT2D eigenvalue weighted by Gasteiger charge is -2.20. The van der Waals surface area contributed by atoms with Crippen LogP contribution >= 0.6 is 11.3 Å². The van der Waals surface area contributed by atoms with Crippen LogP contribution in [0.25, 0.3) is 10.2 Å². The van der Waals surface area contributed by atoms with Crippen molar-refractivity contribution in [3.63, 3.8) is 0 Å². The maximum atomic E-state index is 11.9. The molecule has 0 aliphatic heterocycles. The third-order valence-corrected chi connectivity index (χ3v) is 4.91. The first-order chi connectivity index (χ1) is 9.58. The number of aromatic nitrogens is 2. The zero-order valence-electron chi connectivity index (χ0n) is 12.0. The highest BCUT2D eigenvalue weighted by atomic mass is 32.1. The van der Waals surface area contributed by atoms with Gasteiger partial charge >= 0.3 is 0 Å². The van der Waals surface area contributed by atoms with Crippen LogP contribution < -0.4 is 4.90 Å². The fourth-order valence-corrected chi connectivity index (χ4v) is 3.84. The Morgan fingerprint density at radius 2 is 2.10 bits per heavy atom. The Hall–Kier alpha value is -1.69. The van der Waals surface area contributed by atoms with Crippen LogP contribution in [0.4, 0.5) is 5.82 Å². The Bertz CT molecular complexity index is 664. The molecule has 106 valence electrons. The van der Waals surface area contributed by atoms with Crippen molar-refractivity contribution in [1.29, 1.82) is 0 Å². The predicted molar refractivity (Wildman–Crippen MR) is 81.4 cm³/mol. The maximum Gasteiger partial charge on any atom is 0.241 e. The summed E-state index contributed by atoms with van der Waals surface area (Å²) in [5.74, 6) is 0.954. The molecule has 0 saturated carbocycles. The summed E-state index contributed by atoms with van der Waals surface area (Å²) in [5.41, 5.74) is 1.39. The number of carbonyl (C=O) groups is 1. The minimum Gasteiger partial charge on any atom is -0.350 e. The molecule has 1 amide bonds. The highest BCUT2D eigenvalue weighted by molar-refractivity contribution is 7.19. The molecule has 0 N–H and O–H groups in total. The molecule has 2 aromatic heterocycles. The molecule has 2 heterocycles. The summed E-state index contributed by atoms with van der Waals surface area (Å²) in [7, 11) is 5.46. The van der Waals surface area contributed by atoms with Crippen molar-refractivity contribution >= 4 is 33.3 Å². The summed E-state index contributed by atoms with van der Waals surface area (Å²) in [6, 6.07) is 0. The van der Waals surface area contributed by atoms with Crippen molar-refractivity contribution in [3.05, 3.63) is 16.8 Å². The molecule has 0 bridgehead atoms. The lowest BCUT2D eigenvalue weighted by atomic mass is 10.2. The molecule has 5 nitrogen and oxygen atoms in total. The van der Waals surface area contributed by atoms with E-state index in [0.717, 1.165) is 28.9 Å². The van der Waals surface area contributed by atoms with Crippen LogP contribution in [0.5, 0.6) is 0 Å². The van der Waals surface area contributed by atoms with Crippen molar-refractivity contribution in [2.75, 3.05) is 32.6 Å². The SMILES string of the molecule is CN(C)C(=O)CN(C)c1ncnc2sc3c(c12)CCC3. The Kier molecular flexibility index (Phi) is 3.33. The van der Waals surface area contributed by atoms with Gasteiger partial charge in [0.05, 0.1) is 11.9 Å². The number of rotatable bonds is 3. The third-order valence-electron chi connectivity index (χ3n) is 3.71. The lowest BCUT2D eigenvalue weighted by Crippen LogP contribution is -2.34. The van der Waals surface area contributed by atoms with Gasteiger partial charge in [-0.15, -0.1) is 11.3 Å². The number of likely N-dealkylation sites (N-methyl/N-ethyl adjacent to an activating group) is 2. The lowest BCUT2D eigenvalue weighted by molar-refractivity contribution is -0.127. The predicted octanol–water partition coefficient (Wildman–Crippen LogP) is 1.70. The van der Waals surface area contributed by atoms with E-state index in [9.17, 15) is 4.79 Å². The number of amides is 1. The summed E-state index contributed by atoms with van der Waals surface area (Å²) in [4.78, 5) is 26.7. The van der Waals surface area contributed by atoms with Crippen LogP contribution in [-0.4, -0.2) is 48.5 Å². The first-order valence-corrected chi connectivity index (χ1v) is 7.56. The molecule has 0 unspecified atom stereocenters. The summed E-state index contributed by atoms with van der Waals surface area (Å²) in [6.45, 7) is 0.337. The average molecular weight is 290 g/mol. The fraction of sp³-hybridized carbons (Fsp3) is 0.500. The van der Waals surface area contributed by atoms with Crippen molar-refractivity contribution < 1.29 is 4.79 Å². The zero-order chi connectivity index (χ0) is 14.3. The quantitative estimate of drug-likeness (QED) is 0.863. The standard InChI is InChI=1S/C14H18N4OS/c1-17(2)11(19)7-18(3)13-12-9-5-4-6-10(9)20-14(12)16-8-15-13/h8H,4-7H2,1-3H3. The van der Waals surface area contributed by atoms with E-state index in [1.165, 1.54) is 16.9 Å². The van der Waals surface area contributed by atoms with Gasteiger partial charge in [-0.05, 0) is 24.8 Å². The summed E-state index contributed by atoms with van der Waals surface area (Å²) in [6.07, 6.45) is 5.06. The van der Waals surface area contributed by atoms with Crippen molar-refractivity contribution in [2.45, 2.75) is 19.3 Å². The fourth-order valence-electron chi connectivity index (χ4n) is 2.62. The second-order valence-corrected chi connectivity index (χ2v) is 6.46. The van der Waals surface area contributed by atoms with Gasteiger partial charge in [0.1, 0.15) is 17.0 Å². The average Bonchev–Trinajstić information content (AvgIpc) is 2.97. The molecule has 20 heavy (non-hydrogen) atoms. The van der Waals surface area contributed by atoms with Crippen LogP contribution in [0.1, 0.15) is 16.9 Å². The topological polar surface area (TPSA) is 49.3 Å². The van der Waals surface area contributed by atoms with Crippen LogP contribution in [0.2, 0.25) is 0 Å². The number of hydrogen-bond acceptors (Lipinski definition) is 5. The van der Waals surface area contributed by atoms with Crippen molar-refractivity contribution in [1.82, 2.24) is 14.9 Å². The second-order valence-electron chi connectivity index (χ2n) is 5.38. The minimum atomic E-state index is 0.0751. The number of carbonyl (C=O) groups excluding carboxylic acids is 1. The van der Waals surface area contributed by atoms with E-state index < -0.39 is 0 Å². The van der Waals surface area contributed by atoms with Crippen LogP contribution in [0.15, 0.2) is 6.33 Å². The minimum absolute atomic E-state index is 0.0751. The number of thiophene rings is 1. The van der Waals surface area contributed by atoms with Gasteiger partial charge in [-0.2, -0.15) is 0 Å². The van der Waals surface area contributed by atoms with Gasteiger partial charge in [0, 0.05) is 26.0 Å². The molecule has 0 aromatic carbocycles. The van der Waals surface area contributed by atoms with Crippen molar-refractivity contribution in [2.24, 2.45) is 0 Å². The third kappa shape index (κ3) is 2.14. The van der Waals surface area contributed by atoms with Crippen LogP contribution in [0.3, 0.4) is 0 Å². The van der Waals surface area contributed by atoms with Gasteiger partial charge in [-0.25, -0.2) is 9.97 Å². The van der Waals surface area contributed by atoms with E-state index in [4.69, 9.17) is 0 Å². The van der Waals surface area contributed by atoms with Gasteiger partial charge in [0.15, 0.2) is 0 Å². The van der Waals surface area contributed by atoms with E-state index in [-0.39, 0.29) is 5.91 Å². The van der Waals surface area contributed by atoms with Gasteiger partial charge < -0.3 is 9.80 Å². The van der Waals surface area contributed by atoms with Crippen molar-refractivity contribution in [3.8, 4) is 0 Å². The van der Waals surface area contributed by atoms with E-state index in [2.05, 4.69) is 9.97 Å². The van der Waals surface area contributed by atoms with Gasteiger partial charge in [0.25, 0.3) is 0 Å². The van der Waals surface area contributed by atoms with Gasteiger partial charge in [-0.3, -0.25) is 4.79 Å². The van der Waals surface area contributed by atoms with Gasteiger partial charge in [-0.1, -0.05) is 0 Å². The zero-order valence-corrected chi connectivity index (χ0v) is 12.8. The molecule has 1 aliphatic carbocycles. The largest absolute Gasteiger partial charge is 0.350 e. The number of nitrogens with zero attached hydrogens (tertiary/aromatic N) is 4. The molecule has 3 rings (SSSR count). The molecule has 0 fully saturated rings. The van der Waals surface area contributed by atoms with E-state index >= 15 is 0 Å². The number of aryl methyl sites for hydroxylation is 2. The summed E-state index contributed by atoms with van der Waals surface area (Å²) >= 11 is 1.77. The van der Waals surface area contributed by atoms with E-state index in [0.29, 0.717) is 6.54 Å². The highest BCUT2D eigenvalue weighted by Crippen LogP contribution is 2.39. The monoisotopic (exact) mass is 290 g/mol. The molecular weight excluding hydrogens is 272 g/mol. The van der Waals surface area contributed by atoms with Gasteiger partial charge in [0.2, 0.25) is 5.91 Å². The molecule has 0 saturated heterocycles. The number of hydrogen-bond donors (Lipinski definition) is 0. The summed E-state index contributed by atoms with van der Waals surface area (Å²) < 4.78 is 0. The van der Waals surface area contributed by atoms with Crippen LogP contribution in [-0.2, 0) is 17.6 Å². The smallest absolute Gasteiger partial charge is 0.241 e. The number of fused-ring (bicyclic) bond motifs is 3. The summed E-state index contributed by atoms with van der Waals surface area (Å²) in [5, 5.41) is 1.15. The van der Waals surface area contributed by atoms with E-state index in [1.54, 1.807) is 36.7 Å². The Labute approximate surface area is 122 Å². The maximum absolute atomic E-state index is 11.9. The molecule has 0 spiro atoms. The molecule has 0 atom stereocenters. The molecule has 2 aromatic rings. The molecule has 0 radical (unpaired) electrons. The first-order valence-electron chi connectivity index (χ1n) is 6.74. The number of anilines is 1. The molecular formula is C14H18N4OS. The van der Waals surface area contributed by atoms with Crippen LogP contribution in [0, 0.1) is 0 Å². The second kappa shape index (κ2) is 5.01. The normalized spacial score (nSPS) is 13.6. The highest BCUT2D eigenvalue weighted by Gasteiger charge is 2.23.